The highest BCUT2D eigenvalue weighted by Crippen LogP contribution is 2.31. The van der Waals surface area contributed by atoms with Gasteiger partial charge in [-0.05, 0) is 31.2 Å². The first-order valence-corrected chi connectivity index (χ1v) is 6.57. The Labute approximate surface area is 119 Å². The lowest BCUT2D eigenvalue weighted by molar-refractivity contribution is 0.372. The van der Waals surface area contributed by atoms with Gasteiger partial charge in [0.05, 0.1) is 19.0 Å². The van der Waals surface area contributed by atoms with Crippen molar-refractivity contribution in [3.8, 4) is 17.4 Å². The minimum atomic E-state index is 0.461. The van der Waals surface area contributed by atoms with Crippen LogP contribution in [0.25, 0.3) is 0 Å². The Morgan fingerprint density at radius 1 is 1.20 bits per heavy atom. The summed E-state index contributed by atoms with van der Waals surface area (Å²) in [6, 6.07) is 5.76. The Morgan fingerprint density at radius 2 is 2.05 bits per heavy atom. The third-order valence-electron chi connectivity index (χ3n) is 2.75. The van der Waals surface area contributed by atoms with Gasteiger partial charge in [-0.1, -0.05) is 13.0 Å². The van der Waals surface area contributed by atoms with Crippen LogP contribution in [0.3, 0.4) is 0 Å². The molecule has 0 radical (unpaired) electrons. The van der Waals surface area contributed by atoms with Crippen molar-refractivity contribution in [3.05, 3.63) is 41.9 Å². The molecule has 0 fully saturated rings. The van der Waals surface area contributed by atoms with Crippen LogP contribution >= 0.6 is 0 Å². The highest BCUT2D eigenvalue weighted by molar-refractivity contribution is 5.44. The second kappa shape index (κ2) is 6.86. The maximum Gasteiger partial charge on any atom is 0.238 e. The molecular weight excluding hydrogens is 254 g/mol. The number of methoxy groups -OCH3 is 1. The number of aromatic nitrogens is 2. The minimum Gasteiger partial charge on any atom is -0.493 e. The first kappa shape index (κ1) is 14.3. The van der Waals surface area contributed by atoms with Crippen LogP contribution < -0.4 is 14.8 Å². The van der Waals surface area contributed by atoms with E-state index in [-0.39, 0.29) is 0 Å². The Kier molecular flexibility index (Phi) is 4.90. The molecule has 2 rings (SSSR count). The zero-order chi connectivity index (χ0) is 14.4. The van der Waals surface area contributed by atoms with Crippen LogP contribution in [0.4, 0.5) is 0 Å². The van der Waals surface area contributed by atoms with Gasteiger partial charge in [-0.25, -0.2) is 4.98 Å². The Balaban J connectivity index is 2.17. The van der Waals surface area contributed by atoms with Crippen LogP contribution in [0.15, 0.2) is 30.6 Å². The molecule has 0 saturated carbocycles. The monoisotopic (exact) mass is 273 g/mol. The van der Waals surface area contributed by atoms with E-state index < -0.39 is 0 Å². The molecule has 0 amide bonds. The SMILES string of the molecule is CCNCc1cncc(Oc2ccc(C)cc2OC)n1. The fourth-order valence-electron chi connectivity index (χ4n) is 1.75. The van der Waals surface area contributed by atoms with E-state index >= 15 is 0 Å². The largest absolute Gasteiger partial charge is 0.493 e. The molecule has 5 heteroatoms. The molecule has 0 unspecified atom stereocenters. The normalized spacial score (nSPS) is 10.3. The van der Waals surface area contributed by atoms with Crippen molar-refractivity contribution in [2.24, 2.45) is 0 Å². The van der Waals surface area contributed by atoms with Crippen LogP contribution in [0, 0.1) is 6.92 Å². The molecule has 1 heterocycles. The molecular formula is C15H19N3O2. The van der Waals surface area contributed by atoms with Crippen molar-refractivity contribution in [1.82, 2.24) is 15.3 Å². The number of rotatable bonds is 6. The van der Waals surface area contributed by atoms with E-state index in [1.54, 1.807) is 19.5 Å². The average Bonchev–Trinajstić information content (AvgIpc) is 2.47. The molecule has 1 aromatic heterocycles. The zero-order valence-electron chi connectivity index (χ0n) is 12.0. The molecule has 0 saturated heterocycles. The summed E-state index contributed by atoms with van der Waals surface area (Å²) in [6.07, 6.45) is 3.32. The van der Waals surface area contributed by atoms with Gasteiger partial charge in [0, 0.05) is 12.7 Å². The van der Waals surface area contributed by atoms with Crippen LogP contribution in [0.2, 0.25) is 0 Å². The van der Waals surface area contributed by atoms with Crippen LogP contribution in [-0.2, 0) is 6.54 Å². The topological polar surface area (TPSA) is 56.3 Å². The summed E-state index contributed by atoms with van der Waals surface area (Å²) < 4.78 is 11.1. The Hall–Kier alpha value is -2.14. The first-order chi connectivity index (χ1) is 9.72. The van der Waals surface area contributed by atoms with Gasteiger partial charge in [0.15, 0.2) is 11.5 Å². The lowest BCUT2D eigenvalue weighted by atomic mass is 10.2. The molecule has 20 heavy (non-hydrogen) atoms. The molecule has 1 N–H and O–H groups in total. The van der Waals surface area contributed by atoms with E-state index in [1.807, 2.05) is 32.0 Å². The molecule has 0 aliphatic rings. The van der Waals surface area contributed by atoms with Crippen molar-refractivity contribution in [3.63, 3.8) is 0 Å². The second-order valence-electron chi connectivity index (χ2n) is 4.39. The van der Waals surface area contributed by atoms with Crippen molar-refractivity contribution in [1.29, 1.82) is 0 Å². The van der Waals surface area contributed by atoms with Gasteiger partial charge in [0.25, 0.3) is 0 Å². The summed E-state index contributed by atoms with van der Waals surface area (Å²) in [5.74, 6) is 1.78. The van der Waals surface area contributed by atoms with Crippen molar-refractivity contribution < 1.29 is 9.47 Å². The summed E-state index contributed by atoms with van der Waals surface area (Å²) in [4.78, 5) is 8.54. The van der Waals surface area contributed by atoms with E-state index in [4.69, 9.17) is 9.47 Å². The fraction of sp³-hybridized carbons (Fsp3) is 0.333. The van der Waals surface area contributed by atoms with Gasteiger partial charge in [-0.15, -0.1) is 0 Å². The van der Waals surface area contributed by atoms with E-state index in [0.29, 0.717) is 23.9 Å². The maximum absolute atomic E-state index is 5.75. The number of ether oxygens (including phenoxy) is 2. The smallest absolute Gasteiger partial charge is 0.238 e. The lowest BCUT2D eigenvalue weighted by Crippen LogP contribution is -2.13. The number of benzene rings is 1. The van der Waals surface area contributed by atoms with Crippen molar-refractivity contribution in [2.45, 2.75) is 20.4 Å². The summed E-state index contributed by atoms with van der Waals surface area (Å²) in [5, 5.41) is 3.20. The van der Waals surface area contributed by atoms with Crippen LogP contribution in [0.1, 0.15) is 18.2 Å². The van der Waals surface area contributed by atoms with Gasteiger partial charge < -0.3 is 14.8 Å². The molecule has 5 nitrogen and oxygen atoms in total. The standard InChI is InChI=1S/C15H19N3O2/c1-4-16-8-12-9-17-10-15(18-12)20-13-6-5-11(2)7-14(13)19-3/h5-7,9-10,16H,4,8H2,1-3H3. The fourth-order valence-corrected chi connectivity index (χ4v) is 1.75. The summed E-state index contributed by atoms with van der Waals surface area (Å²) in [5.41, 5.74) is 1.96. The zero-order valence-corrected chi connectivity index (χ0v) is 12.0. The lowest BCUT2D eigenvalue weighted by Gasteiger charge is -2.10. The first-order valence-electron chi connectivity index (χ1n) is 6.57. The molecule has 0 aliphatic heterocycles. The minimum absolute atomic E-state index is 0.461. The quantitative estimate of drug-likeness (QED) is 0.877. The molecule has 106 valence electrons. The third kappa shape index (κ3) is 3.68. The van der Waals surface area contributed by atoms with E-state index in [9.17, 15) is 0 Å². The second-order valence-corrected chi connectivity index (χ2v) is 4.39. The highest BCUT2D eigenvalue weighted by atomic mass is 16.5. The van der Waals surface area contributed by atoms with E-state index in [0.717, 1.165) is 17.8 Å². The Bertz CT molecular complexity index is 573. The predicted octanol–water partition coefficient (Wildman–Crippen LogP) is 2.70. The predicted molar refractivity (Wildman–Crippen MR) is 77.2 cm³/mol. The molecule has 0 atom stereocenters. The number of aryl methyl sites for hydroxylation is 1. The number of nitrogens with one attached hydrogen (secondary N) is 1. The highest BCUT2D eigenvalue weighted by Gasteiger charge is 2.07. The van der Waals surface area contributed by atoms with E-state index in [1.165, 1.54) is 0 Å². The van der Waals surface area contributed by atoms with Gasteiger partial charge in [-0.2, -0.15) is 0 Å². The van der Waals surface area contributed by atoms with Crippen LogP contribution in [0.5, 0.6) is 17.4 Å². The summed E-state index contributed by atoms with van der Waals surface area (Å²) in [7, 11) is 1.62. The van der Waals surface area contributed by atoms with E-state index in [2.05, 4.69) is 15.3 Å². The average molecular weight is 273 g/mol. The van der Waals surface area contributed by atoms with Crippen molar-refractivity contribution >= 4 is 0 Å². The van der Waals surface area contributed by atoms with Gasteiger partial charge >= 0.3 is 0 Å². The molecule has 2 aromatic rings. The third-order valence-corrected chi connectivity index (χ3v) is 2.75. The molecule has 0 bridgehead atoms. The molecule has 1 aromatic carbocycles. The molecule has 0 aliphatic carbocycles. The maximum atomic E-state index is 5.75. The number of nitrogens with zero attached hydrogens (tertiary/aromatic N) is 2. The Morgan fingerprint density at radius 3 is 2.80 bits per heavy atom. The summed E-state index contributed by atoms with van der Waals surface area (Å²) in [6.45, 7) is 5.61. The molecule has 0 spiro atoms. The number of hydrogen-bond donors (Lipinski definition) is 1. The van der Waals surface area contributed by atoms with Gasteiger partial charge in [-0.3, -0.25) is 4.98 Å². The number of hydrogen-bond acceptors (Lipinski definition) is 5. The summed E-state index contributed by atoms with van der Waals surface area (Å²) >= 11 is 0. The van der Waals surface area contributed by atoms with Crippen LogP contribution in [-0.4, -0.2) is 23.6 Å². The van der Waals surface area contributed by atoms with Crippen molar-refractivity contribution in [2.75, 3.05) is 13.7 Å². The van der Waals surface area contributed by atoms with Gasteiger partial charge in [0.2, 0.25) is 5.88 Å². The van der Waals surface area contributed by atoms with Gasteiger partial charge in [0.1, 0.15) is 0 Å².